The van der Waals surface area contributed by atoms with Crippen molar-refractivity contribution in [1.29, 1.82) is 0 Å². The summed E-state index contributed by atoms with van der Waals surface area (Å²) < 4.78 is 23.5. The van der Waals surface area contributed by atoms with Crippen LogP contribution in [-0.4, -0.2) is 22.5 Å². The highest BCUT2D eigenvalue weighted by Crippen LogP contribution is 2.26. The van der Waals surface area contributed by atoms with Gasteiger partial charge >= 0.3 is 0 Å². The molecule has 0 saturated carbocycles. The third-order valence-electron chi connectivity index (χ3n) is 0.530. The minimum atomic E-state index is -2.83. The van der Waals surface area contributed by atoms with Crippen LogP contribution in [0.15, 0.2) is 0 Å². The van der Waals surface area contributed by atoms with Gasteiger partial charge in [-0.3, -0.25) is 0 Å². The van der Waals surface area contributed by atoms with Gasteiger partial charge in [0.1, 0.15) is 0 Å². The summed E-state index contributed by atoms with van der Waals surface area (Å²) in [4.78, 5) is 0. The number of rotatable bonds is 2. The molecule has 1 N–H and O–H groups in total. The van der Waals surface area contributed by atoms with Crippen LogP contribution in [0, 0.1) is 0 Å². The summed E-state index contributed by atoms with van der Waals surface area (Å²) in [6.07, 6.45) is 0. The maximum absolute atomic E-state index is 12.0. The van der Waals surface area contributed by atoms with Crippen LogP contribution in [0.3, 0.4) is 0 Å². The standard InChI is InChI=1S/C3H4Cl2F2O/c4-2(6)3(5,7)1-8/h2,8H,1H2. The first-order valence-electron chi connectivity index (χ1n) is 1.77. The van der Waals surface area contributed by atoms with Gasteiger partial charge in [0.2, 0.25) is 5.63 Å². The van der Waals surface area contributed by atoms with Gasteiger partial charge in [-0.15, -0.1) is 0 Å². The van der Waals surface area contributed by atoms with Crippen LogP contribution >= 0.6 is 23.2 Å². The first-order chi connectivity index (χ1) is 3.50. The van der Waals surface area contributed by atoms with Crippen LogP contribution < -0.4 is 0 Å². The highest BCUT2D eigenvalue weighted by atomic mass is 35.5. The molecule has 0 fully saturated rings. The maximum atomic E-state index is 12.0. The van der Waals surface area contributed by atoms with Gasteiger partial charge in [-0.05, 0) is 0 Å². The van der Waals surface area contributed by atoms with Crippen LogP contribution in [0.1, 0.15) is 0 Å². The first kappa shape index (κ1) is 8.40. The van der Waals surface area contributed by atoms with Crippen molar-refractivity contribution < 1.29 is 13.9 Å². The van der Waals surface area contributed by atoms with E-state index >= 15 is 0 Å². The second-order valence-electron chi connectivity index (χ2n) is 1.22. The monoisotopic (exact) mass is 164 g/mol. The summed E-state index contributed by atoms with van der Waals surface area (Å²) in [6, 6.07) is 0. The fraction of sp³-hybridized carbons (Fsp3) is 1.00. The molecule has 5 heteroatoms. The van der Waals surface area contributed by atoms with Gasteiger partial charge in [0.25, 0.3) is 5.13 Å². The Bertz CT molecular complexity index is 75.7. The van der Waals surface area contributed by atoms with Crippen molar-refractivity contribution in [2.24, 2.45) is 0 Å². The van der Waals surface area contributed by atoms with E-state index in [1.807, 2.05) is 0 Å². The lowest BCUT2D eigenvalue weighted by Gasteiger charge is -2.12. The van der Waals surface area contributed by atoms with Crippen LogP contribution in [-0.2, 0) is 0 Å². The Kier molecular flexibility index (Phi) is 2.94. The molecule has 0 radical (unpaired) electrons. The van der Waals surface area contributed by atoms with Crippen molar-refractivity contribution in [3.8, 4) is 0 Å². The van der Waals surface area contributed by atoms with Gasteiger partial charge in [0.15, 0.2) is 0 Å². The predicted octanol–water partition coefficient (Wildman–Crippen LogP) is 1.42. The third-order valence-corrected chi connectivity index (χ3v) is 1.30. The van der Waals surface area contributed by atoms with Crippen molar-refractivity contribution in [1.82, 2.24) is 0 Å². The lowest BCUT2D eigenvalue weighted by molar-refractivity contribution is 0.0999. The highest BCUT2D eigenvalue weighted by Gasteiger charge is 2.35. The lowest BCUT2D eigenvalue weighted by atomic mass is 10.4. The molecule has 0 saturated heterocycles. The maximum Gasteiger partial charge on any atom is 0.251 e. The Morgan fingerprint density at radius 1 is 1.75 bits per heavy atom. The number of hydrogen-bond acceptors (Lipinski definition) is 1. The molecule has 0 aromatic rings. The van der Waals surface area contributed by atoms with Crippen molar-refractivity contribution in [2.45, 2.75) is 10.8 Å². The van der Waals surface area contributed by atoms with E-state index in [0.717, 1.165) is 0 Å². The summed E-state index contributed by atoms with van der Waals surface area (Å²) >= 11 is 9.17. The van der Waals surface area contributed by atoms with E-state index in [2.05, 4.69) is 23.2 Å². The van der Waals surface area contributed by atoms with Gasteiger partial charge in [0, 0.05) is 0 Å². The molecular formula is C3H4Cl2F2O. The molecule has 0 heterocycles. The Morgan fingerprint density at radius 3 is 2.12 bits per heavy atom. The Labute approximate surface area is 55.2 Å². The highest BCUT2D eigenvalue weighted by molar-refractivity contribution is 6.31. The fourth-order valence-electron chi connectivity index (χ4n) is 0.0690. The van der Waals surface area contributed by atoms with Crippen molar-refractivity contribution in [3.63, 3.8) is 0 Å². The molecule has 50 valence electrons. The SMILES string of the molecule is OCC(F)(Cl)C(F)Cl. The molecule has 0 aliphatic heterocycles. The predicted molar refractivity (Wildman–Crippen MR) is 27.5 cm³/mol. The van der Waals surface area contributed by atoms with Crippen molar-refractivity contribution >= 4 is 23.2 Å². The summed E-state index contributed by atoms with van der Waals surface area (Å²) in [7, 11) is 0. The summed E-state index contributed by atoms with van der Waals surface area (Å²) in [5.41, 5.74) is -2.37. The molecular weight excluding hydrogens is 161 g/mol. The van der Waals surface area contributed by atoms with Crippen molar-refractivity contribution in [2.75, 3.05) is 6.61 Å². The van der Waals surface area contributed by atoms with E-state index < -0.39 is 17.4 Å². The van der Waals surface area contributed by atoms with E-state index in [4.69, 9.17) is 5.11 Å². The normalized spacial score (nSPS) is 22.1. The average Bonchev–Trinajstić information content (AvgIpc) is 1.67. The zero-order valence-corrected chi connectivity index (χ0v) is 5.26. The molecule has 0 amide bonds. The summed E-state index contributed by atoms with van der Waals surface area (Å²) in [6.45, 7) is -1.13. The number of aliphatic hydroxyl groups is 1. The number of aliphatic hydroxyl groups excluding tert-OH is 1. The molecule has 8 heavy (non-hydrogen) atoms. The quantitative estimate of drug-likeness (QED) is 0.613. The molecule has 0 rings (SSSR count). The zero-order valence-electron chi connectivity index (χ0n) is 3.74. The van der Waals surface area contributed by atoms with E-state index in [1.54, 1.807) is 0 Å². The van der Waals surface area contributed by atoms with Gasteiger partial charge < -0.3 is 5.11 Å². The van der Waals surface area contributed by atoms with E-state index in [1.165, 1.54) is 0 Å². The number of alkyl halides is 4. The third kappa shape index (κ3) is 2.11. The molecule has 1 nitrogen and oxygen atoms in total. The van der Waals surface area contributed by atoms with E-state index in [9.17, 15) is 8.78 Å². The van der Waals surface area contributed by atoms with Crippen molar-refractivity contribution in [3.05, 3.63) is 0 Å². The Hall–Kier alpha value is 0.400. The van der Waals surface area contributed by atoms with Gasteiger partial charge in [-0.2, -0.15) is 0 Å². The molecule has 0 aliphatic carbocycles. The first-order valence-corrected chi connectivity index (χ1v) is 2.59. The summed E-state index contributed by atoms with van der Waals surface area (Å²) in [5, 5.41) is 5.10. The van der Waals surface area contributed by atoms with Crippen LogP contribution in [0.25, 0.3) is 0 Å². The molecule has 0 aromatic carbocycles. The molecule has 0 aliphatic rings. The number of halogens is 4. The smallest absolute Gasteiger partial charge is 0.251 e. The van der Waals surface area contributed by atoms with Gasteiger partial charge in [-0.1, -0.05) is 23.2 Å². The second-order valence-corrected chi connectivity index (χ2v) is 2.23. The zero-order chi connectivity index (χ0) is 6.78. The minimum Gasteiger partial charge on any atom is -0.392 e. The molecule has 0 spiro atoms. The topological polar surface area (TPSA) is 20.2 Å². The largest absolute Gasteiger partial charge is 0.392 e. The average molecular weight is 165 g/mol. The minimum absolute atomic E-state index is 1.13. The Balaban J connectivity index is 3.71. The van der Waals surface area contributed by atoms with Crippen LogP contribution in [0.2, 0.25) is 0 Å². The molecule has 2 atom stereocenters. The fourth-order valence-corrected chi connectivity index (χ4v) is 0.138. The van der Waals surface area contributed by atoms with Crippen LogP contribution in [0.4, 0.5) is 8.78 Å². The lowest BCUT2D eigenvalue weighted by Crippen LogP contribution is -2.28. The van der Waals surface area contributed by atoms with Gasteiger partial charge in [-0.25, -0.2) is 8.78 Å². The second kappa shape index (κ2) is 2.80. The molecule has 2 unspecified atom stereocenters. The van der Waals surface area contributed by atoms with Gasteiger partial charge in [0.05, 0.1) is 6.61 Å². The van der Waals surface area contributed by atoms with E-state index in [-0.39, 0.29) is 0 Å². The molecule has 0 aromatic heterocycles. The molecule has 0 bridgehead atoms. The van der Waals surface area contributed by atoms with Crippen LogP contribution in [0.5, 0.6) is 0 Å². The Morgan fingerprint density at radius 2 is 2.12 bits per heavy atom. The van der Waals surface area contributed by atoms with E-state index in [0.29, 0.717) is 0 Å². The summed E-state index contributed by atoms with van der Waals surface area (Å²) in [5.74, 6) is 0. The number of hydrogen-bond donors (Lipinski definition) is 1.